The lowest BCUT2D eigenvalue weighted by atomic mass is 10.0. The third-order valence-electron chi connectivity index (χ3n) is 5.77. The number of aliphatic imine (C=N–C) groups is 2. The van der Waals surface area contributed by atoms with Gasteiger partial charge in [-0.2, -0.15) is 9.98 Å². The fourth-order valence-corrected chi connectivity index (χ4v) is 4.22. The van der Waals surface area contributed by atoms with Crippen molar-refractivity contribution in [3.8, 4) is 0 Å². The van der Waals surface area contributed by atoms with Crippen LogP contribution in [0.1, 0.15) is 59.8 Å². The van der Waals surface area contributed by atoms with Crippen molar-refractivity contribution in [2.45, 2.75) is 59.8 Å². The summed E-state index contributed by atoms with van der Waals surface area (Å²) in [5.74, 6) is 1.69. The van der Waals surface area contributed by atoms with Gasteiger partial charge in [-0.05, 0) is 50.1 Å². The fourth-order valence-electron chi connectivity index (χ4n) is 4.22. The molecule has 2 fully saturated rings. The van der Waals surface area contributed by atoms with Gasteiger partial charge in [-0.1, -0.05) is 33.4 Å². The minimum atomic E-state index is 0. The smallest absolute Gasteiger partial charge is 0.318 e. The predicted octanol–water partition coefficient (Wildman–Crippen LogP) is 3.72. The molecule has 6 nitrogen and oxygen atoms in total. The number of rotatable bonds is 2. The monoisotopic (exact) mass is 403 g/mol. The number of hydrogen-bond acceptors (Lipinski definition) is 6. The summed E-state index contributed by atoms with van der Waals surface area (Å²) in [6.45, 7) is 14.7. The minimum Gasteiger partial charge on any atom is -0.463 e. The molecule has 164 valence electrons. The SMILES string of the molecule is C.C=C1CCC(COC2=NC3=C(CCCNC3)CC(N3CCNCC3)=N2)C1.CC. The van der Waals surface area contributed by atoms with E-state index in [0.717, 1.165) is 76.5 Å². The van der Waals surface area contributed by atoms with E-state index >= 15 is 0 Å². The van der Waals surface area contributed by atoms with Gasteiger partial charge < -0.3 is 20.3 Å². The molecule has 2 N–H and O–H groups in total. The van der Waals surface area contributed by atoms with E-state index in [9.17, 15) is 0 Å². The number of amidine groups is 2. The van der Waals surface area contributed by atoms with E-state index in [2.05, 4.69) is 22.1 Å². The highest BCUT2D eigenvalue weighted by molar-refractivity contribution is 5.96. The first kappa shape index (κ1) is 23.6. The lowest BCUT2D eigenvalue weighted by Gasteiger charge is -2.30. The van der Waals surface area contributed by atoms with Gasteiger partial charge >= 0.3 is 6.02 Å². The maximum absolute atomic E-state index is 6.12. The van der Waals surface area contributed by atoms with E-state index in [1.54, 1.807) is 0 Å². The standard InChI is InChI=1S/C20H31N5O.C2H6.CH4/c1-15-4-5-16(11-15)14-26-20-23-18-13-22-6-2-3-17(18)12-19(24-20)25-9-7-21-8-10-25;1-2;/h16,21-22H,1-14H2;1-2H3;1H4. The lowest BCUT2D eigenvalue weighted by molar-refractivity contribution is 0.238. The van der Waals surface area contributed by atoms with Crippen molar-refractivity contribution >= 4 is 11.9 Å². The second kappa shape index (κ2) is 12.1. The average Bonchev–Trinajstić information content (AvgIpc) is 2.92. The Labute approximate surface area is 177 Å². The molecule has 6 heteroatoms. The van der Waals surface area contributed by atoms with Gasteiger partial charge in [0.1, 0.15) is 5.84 Å². The van der Waals surface area contributed by atoms with Crippen molar-refractivity contribution < 1.29 is 4.74 Å². The molecule has 1 atom stereocenters. The molecule has 3 aliphatic heterocycles. The molecule has 0 amide bonds. The molecule has 0 aromatic carbocycles. The first-order chi connectivity index (χ1) is 13.8. The summed E-state index contributed by atoms with van der Waals surface area (Å²) >= 11 is 0. The number of hydrogen-bond donors (Lipinski definition) is 2. The zero-order valence-corrected chi connectivity index (χ0v) is 17.7. The Morgan fingerprint density at radius 3 is 2.62 bits per heavy atom. The van der Waals surface area contributed by atoms with E-state index < -0.39 is 0 Å². The summed E-state index contributed by atoms with van der Waals surface area (Å²) in [5, 5.41) is 6.91. The Bertz CT molecular complexity index is 631. The minimum absolute atomic E-state index is 0. The predicted molar refractivity (Wildman–Crippen MR) is 124 cm³/mol. The molecule has 29 heavy (non-hydrogen) atoms. The fraction of sp³-hybridized carbons (Fsp3) is 0.739. The zero-order chi connectivity index (χ0) is 19.8. The van der Waals surface area contributed by atoms with Crippen LogP contribution in [0.5, 0.6) is 0 Å². The van der Waals surface area contributed by atoms with E-state index in [4.69, 9.17) is 14.7 Å². The summed E-state index contributed by atoms with van der Waals surface area (Å²) in [7, 11) is 0. The molecule has 0 aromatic rings. The third-order valence-corrected chi connectivity index (χ3v) is 5.77. The highest BCUT2D eigenvalue weighted by Crippen LogP contribution is 2.29. The molecule has 4 aliphatic rings. The van der Waals surface area contributed by atoms with Crippen molar-refractivity contribution in [1.82, 2.24) is 15.5 Å². The van der Waals surface area contributed by atoms with Crippen LogP contribution in [0.4, 0.5) is 0 Å². The van der Waals surface area contributed by atoms with Crippen LogP contribution < -0.4 is 10.6 Å². The highest BCUT2D eigenvalue weighted by Gasteiger charge is 2.24. The largest absolute Gasteiger partial charge is 0.463 e. The summed E-state index contributed by atoms with van der Waals surface area (Å²) in [6.07, 6.45) is 6.58. The molecule has 0 radical (unpaired) electrons. The molecule has 0 bridgehead atoms. The van der Waals surface area contributed by atoms with Crippen molar-refractivity contribution in [3.63, 3.8) is 0 Å². The molecule has 3 heterocycles. The van der Waals surface area contributed by atoms with E-state index in [-0.39, 0.29) is 7.43 Å². The highest BCUT2D eigenvalue weighted by atomic mass is 16.5. The van der Waals surface area contributed by atoms with E-state index in [1.165, 1.54) is 24.0 Å². The van der Waals surface area contributed by atoms with Gasteiger partial charge in [-0.15, -0.1) is 0 Å². The Morgan fingerprint density at radius 1 is 1.10 bits per heavy atom. The van der Waals surface area contributed by atoms with Crippen LogP contribution in [-0.2, 0) is 4.74 Å². The maximum atomic E-state index is 6.12. The van der Waals surface area contributed by atoms with Crippen LogP contribution in [0.3, 0.4) is 0 Å². The summed E-state index contributed by atoms with van der Waals surface area (Å²) in [6, 6.07) is 0.560. The molecule has 1 saturated heterocycles. The van der Waals surface area contributed by atoms with E-state index in [1.807, 2.05) is 13.8 Å². The van der Waals surface area contributed by atoms with Crippen LogP contribution >= 0.6 is 0 Å². The van der Waals surface area contributed by atoms with Crippen molar-refractivity contribution in [2.24, 2.45) is 15.9 Å². The third kappa shape index (κ3) is 6.68. The number of nitrogens with one attached hydrogen (secondary N) is 2. The van der Waals surface area contributed by atoms with Gasteiger partial charge in [-0.25, -0.2) is 0 Å². The van der Waals surface area contributed by atoms with Crippen molar-refractivity contribution in [1.29, 1.82) is 0 Å². The summed E-state index contributed by atoms with van der Waals surface area (Å²) in [5.41, 5.74) is 3.92. The molecule has 0 aromatic heterocycles. The van der Waals surface area contributed by atoms with Crippen LogP contribution in [-0.4, -0.2) is 62.6 Å². The maximum Gasteiger partial charge on any atom is 0.318 e. The van der Waals surface area contributed by atoms with Crippen molar-refractivity contribution in [2.75, 3.05) is 45.9 Å². The Morgan fingerprint density at radius 2 is 1.90 bits per heavy atom. The van der Waals surface area contributed by atoms with E-state index in [0.29, 0.717) is 18.5 Å². The zero-order valence-electron chi connectivity index (χ0n) is 17.7. The number of piperazine rings is 1. The molecular weight excluding hydrogens is 362 g/mol. The van der Waals surface area contributed by atoms with Crippen LogP contribution in [0.2, 0.25) is 0 Å². The van der Waals surface area contributed by atoms with Gasteiger partial charge in [0.2, 0.25) is 0 Å². The number of nitrogens with zero attached hydrogens (tertiary/aromatic N) is 3. The molecule has 1 aliphatic carbocycles. The lowest BCUT2D eigenvalue weighted by Crippen LogP contribution is -2.46. The van der Waals surface area contributed by atoms with Crippen LogP contribution in [0.25, 0.3) is 0 Å². The van der Waals surface area contributed by atoms with Crippen LogP contribution in [0, 0.1) is 5.92 Å². The van der Waals surface area contributed by atoms with Gasteiger partial charge in [0, 0.05) is 39.1 Å². The molecule has 1 unspecified atom stereocenters. The first-order valence-corrected chi connectivity index (χ1v) is 11.1. The summed E-state index contributed by atoms with van der Waals surface area (Å²) < 4.78 is 6.12. The molecule has 1 saturated carbocycles. The number of allylic oxidation sites excluding steroid dienone is 1. The first-order valence-electron chi connectivity index (χ1n) is 11.1. The second-order valence-corrected chi connectivity index (χ2v) is 7.84. The molecular formula is C23H41N5O. The van der Waals surface area contributed by atoms with Crippen LogP contribution in [0.15, 0.2) is 33.4 Å². The molecule has 4 rings (SSSR count). The average molecular weight is 404 g/mol. The quantitative estimate of drug-likeness (QED) is 0.690. The second-order valence-electron chi connectivity index (χ2n) is 7.84. The number of ether oxygens (including phenoxy) is 1. The van der Waals surface area contributed by atoms with Gasteiger partial charge in [-0.3, -0.25) is 0 Å². The summed E-state index contributed by atoms with van der Waals surface area (Å²) in [4.78, 5) is 12.1. The topological polar surface area (TPSA) is 61.2 Å². The molecule has 0 spiro atoms. The van der Waals surface area contributed by atoms with Gasteiger partial charge in [0.05, 0.1) is 12.3 Å². The normalized spacial score (nSPS) is 24.8. The Kier molecular flexibility index (Phi) is 9.88. The van der Waals surface area contributed by atoms with Gasteiger partial charge in [0.15, 0.2) is 0 Å². The Hall–Kier alpha value is -1.66. The Balaban J connectivity index is 0.000000970. The van der Waals surface area contributed by atoms with Crippen molar-refractivity contribution in [3.05, 3.63) is 23.4 Å². The van der Waals surface area contributed by atoms with Gasteiger partial charge in [0.25, 0.3) is 0 Å².